The van der Waals surface area contributed by atoms with Gasteiger partial charge in [-0.2, -0.15) is 0 Å². The molecule has 0 saturated carbocycles. The first-order valence-electron chi connectivity index (χ1n) is 8.52. The van der Waals surface area contributed by atoms with Crippen LogP contribution in [0.2, 0.25) is 10.0 Å². The van der Waals surface area contributed by atoms with Crippen LogP contribution in [0.4, 0.5) is 0 Å². The molecule has 3 aromatic carbocycles. The van der Waals surface area contributed by atoms with E-state index in [0.29, 0.717) is 28.2 Å². The summed E-state index contributed by atoms with van der Waals surface area (Å²) in [6, 6.07) is 21.5. The molecule has 5 heteroatoms. The van der Waals surface area contributed by atoms with E-state index in [1.165, 1.54) is 11.1 Å². The maximum Gasteiger partial charge on any atom is 0.119 e. The van der Waals surface area contributed by atoms with Crippen LogP contribution in [0.15, 0.2) is 66.7 Å². The van der Waals surface area contributed by atoms with Gasteiger partial charge in [-0.15, -0.1) is 0 Å². The Morgan fingerprint density at radius 3 is 2.33 bits per heavy atom. The summed E-state index contributed by atoms with van der Waals surface area (Å²) >= 11 is 17.6. The Morgan fingerprint density at radius 2 is 1.67 bits per heavy atom. The largest absolute Gasteiger partial charge is 0.489 e. The SMILES string of the molecule is Cc1ccc(CNC(=S)c2ccc(OCc3ccc(Cl)cc3Cl)cc2)cc1. The molecule has 2 nitrogen and oxygen atoms in total. The van der Waals surface area contributed by atoms with E-state index in [9.17, 15) is 0 Å². The fourth-order valence-electron chi connectivity index (χ4n) is 2.49. The number of hydrogen-bond donors (Lipinski definition) is 1. The normalized spacial score (nSPS) is 10.5. The van der Waals surface area contributed by atoms with Crippen molar-refractivity contribution in [1.82, 2.24) is 5.32 Å². The van der Waals surface area contributed by atoms with Gasteiger partial charge in [-0.3, -0.25) is 0 Å². The van der Waals surface area contributed by atoms with E-state index in [2.05, 4.69) is 36.5 Å². The van der Waals surface area contributed by atoms with E-state index in [-0.39, 0.29) is 0 Å². The third-order valence-corrected chi connectivity index (χ3v) is 5.07. The molecule has 0 saturated heterocycles. The van der Waals surface area contributed by atoms with Crippen molar-refractivity contribution in [3.63, 3.8) is 0 Å². The lowest BCUT2D eigenvalue weighted by molar-refractivity contribution is 0.306. The monoisotopic (exact) mass is 415 g/mol. The lowest BCUT2D eigenvalue weighted by atomic mass is 10.1. The van der Waals surface area contributed by atoms with Crippen molar-refractivity contribution >= 4 is 40.4 Å². The van der Waals surface area contributed by atoms with Crippen molar-refractivity contribution in [2.24, 2.45) is 0 Å². The van der Waals surface area contributed by atoms with Crippen LogP contribution in [-0.2, 0) is 13.2 Å². The van der Waals surface area contributed by atoms with Crippen LogP contribution in [0.5, 0.6) is 5.75 Å². The van der Waals surface area contributed by atoms with Crippen molar-refractivity contribution in [2.45, 2.75) is 20.1 Å². The van der Waals surface area contributed by atoms with E-state index in [4.69, 9.17) is 40.2 Å². The molecule has 0 spiro atoms. The Balaban J connectivity index is 1.54. The molecule has 0 heterocycles. The number of rotatable bonds is 6. The fraction of sp³-hybridized carbons (Fsp3) is 0.136. The van der Waals surface area contributed by atoms with E-state index in [1.807, 2.05) is 30.3 Å². The molecule has 138 valence electrons. The molecule has 0 fully saturated rings. The van der Waals surface area contributed by atoms with Crippen LogP contribution in [0, 0.1) is 6.92 Å². The molecule has 0 unspecified atom stereocenters. The van der Waals surface area contributed by atoms with Crippen molar-refractivity contribution in [3.05, 3.63) is 99.0 Å². The molecule has 0 bridgehead atoms. The maximum atomic E-state index is 6.17. The number of nitrogens with one attached hydrogen (secondary N) is 1. The molecule has 0 amide bonds. The smallest absolute Gasteiger partial charge is 0.119 e. The summed E-state index contributed by atoms with van der Waals surface area (Å²) in [7, 11) is 0. The summed E-state index contributed by atoms with van der Waals surface area (Å²) in [5.74, 6) is 0.756. The first kappa shape index (κ1) is 19.7. The molecule has 27 heavy (non-hydrogen) atoms. The molecular formula is C22H19Cl2NOS. The summed E-state index contributed by atoms with van der Waals surface area (Å²) < 4.78 is 5.80. The van der Waals surface area contributed by atoms with Crippen LogP contribution in [-0.4, -0.2) is 4.99 Å². The minimum atomic E-state index is 0.380. The highest BCUT2D eigenvalue weighted by molar-refractivity contribution is 7.80. The molecule has 0 aliphatic heterocycles. The second kappa shape index (κ2) is 9.23. The van der Waals surface area contributed by atoms with E-state index in [0.717, 1.165) is 16.9 Å². The quantitative estimate of drug-likeness (QED) is 0.474. The van der Waals surface area contributed by atoms with Gasteiger partial charge < -0.3 is 10.1 Å². The summed E-state index contributed by atoms with van der Waals surface area (Å²) in [6.07, 6.45) is 0. The van der Waals surface area contributed by atoms with E-state index < -0.39 is 0 Å². The van der Waals surface area contributed by atoms with Crippen molar-refractivity contribution in [1.29, 1.82) is 0 Å². The molecule has 0 aromatic heterocycles. The number of benzene rings is 3. The van der Waals surface area contributed by atoms with Crippen LogP contribution in [0.25, 0.3) is 0 Å². The van der Waals surface area contributed by atoms with Crippen LogP contribution in [0.1, 0.15) is 22.3 Å². The van der Waals surface area contributed by atoms with Gasteiger partial charge in [0.25, 0.3) is 0 Å². The van der Waals surface area contributed by atoms with Gasteiger partial charge in [0.1, 0.15) is 17.3 Å². The van der Waals surface area contributed by atoms with Gasteiger partial charge in [-0.25, -0.2) is 0 Å². The maximum absolute atomic E-state index is 6.17. The third-order valence-electron chi connectivity index (χ3n) is 4.10. The second-order valence-corrected chi connectivity index (χ2v) is 7.47. The zero-order chi connectivity index (χ0) is 19.2. The van der Waals surface area contributed by atoms with E-state index >= 15 is 0 Å². The highest BCUT2D eigenvalue weighted by atomic mass is 35.5. The zero-order valence-electron chi connectivity index (χ0n) is 14.8. The minimum absolute atomic E-state index is 0.380. The van der Waals surface area contributed by atoms with E-state index in [1.54, 1.807) is 12.1 Å². The predicted octanol–water partition coefficient (Wildman–Crippen LogP) is 6.35. The Kier molecular flexibility index (Phi) is 6.73. The molecule has 0 aliphatic rings. The summed E-state index contributed by atoms with van der Waals surface area (Å²) in [5.41, 5.74) is 4.29. The number of aryl methyl sites for hydroxylation is 1. The zero-order valence-corrected chi connectivity index (χ0v) is 17.2. The van der Waals surface area contributed by atoms with Gasteiger partial charge in [0.15, 0.2) is 0 Å². The molecule has 0 aliphatic carbocycles. The molecule has 3 rings (SSSR count). The third kappa shape index (κ3) is 5.70. The first-order valence-corrected chi connectivity index (χ1v) is 9.68. The van der Waals surface area contributed by atoms with Crippen molar-refractivity contribution in [3.8, 4) is 5.75 Å². The topological polar surface area (TPSA) is 21.3 Å². The van der Waals surface area contributed by atoms with Crippen LogP contribution >= 0.6 is 35.4 Å². The van der Waals surface area contributed by atoms with Gasteiger partial charge in [-0.1, -0.05) is 71.3 Å². The van der Waals surface area contributed by atoms with Crippen molar-refractivity contribution < 1.29 is 4.74 Å². The van der Waals surface area contributed by atoms with Gasteiger partial charge in [0.2, 0.25) is 0 Å². The summed E-state index contributed by atoms with van der Waals surface area (Å²) in [4.78, 5) is 0.711. The fourth-order valence-corrected chi connectivity index (χ4v) is 3.16. The Hall–Kier alpha value is -2.07. The summed E-state index contributed by atoms with van der Waals surface area (Å²) in [5, 5.41) is 4.49. The first-order chi connectivity index (χ1) is 13.0. The molecule has 3 aromatic rings. The number of hydrogen-bond acceptors (Lipinski definition) is 2. The number of thiocarbonyl (C=S) groups is 1. The number of halogens is 2. The molecular weight excluding hydrogens is 397 g/mol. The van der Waals surface area contributed by atoms with Gasteiger partial charge in [0.05, 0.1) is 0 Å². The highest BCUT2D eigenvalue weighted by Gasteiger charge is 2.05. The molecule has 1 N–H and O–H groups in total. The Labute approximate surface area is 175 Å². The predicted molar refractivity (Wildman–Crippen MR) is 117 cm³/mol. The summed E-state index contributed by atoms with van der Waals surface area (Å²) in [6.45, 7) is 3.16. The minimum Gasteiger partial charge on any atom is -0.489 e. The molecule has 0 radical (unpaired) electrons. The van der Waals surface area contributed by atoms with Gasteiger partial charge in [-0.05, 0) is 48.9 Å². The number of ether oxygens (including phenoxy) is 1. The second-order valence-electron chi connectivity index (χ2n) is 6.22. The Bertz CT molecular complexity index is 924. The average molecular weight is 416 g/mol. The lowest BCUT2D eigenvalue weighted by Gasteiger charge is -2.11. The highest BCUT2D eigenvalue weighted by Crippen LogP contribution is 2.23. The standard InChI is InChI=1S/C22H19Cl2NOS/c1-15-2-4-16(5-3-15)13-25-22(27)17-7-10-20(11-8-17)26-14-18-6-9-19(23)12-21(18)24/h2-12H,13-14H2,1H3,(H,25,27). The Morgan fingerprint density at radius 1 is 0.963 bits per heavy atom. The van der Waals surface area contributed by atoms with Crippen LogP contribution < -0.4 is 10.1 Å². The molecule has 0 atom stereocenters. The average Bonchev–Trinajstić information content (AvgIpc) is 2.67. The van der Waals surface area contributed by atoms with Gasteiger partial charge >= 0.3 is 0 Å². The van der Waals surface area contributed by atoms with Crippen LogP contribution in [0.3, 0.4) is 0 Å². The lowest BCUT2D eigenvalue weighted by Crippen LogP contribution is -2.21. The van der Waals surface area contributed by atoms with Crippen molar-refractivity contribution in [2.75, 3.05) is 0 Å². The van der Waals surface area contributed by atoms with Gasteiger partial charge in [0, 0.05) is 27.7 Å².